The van der Waals surface area contributed by atoms with Gasteiger partial charge in [-0.15, -0.1) is 11.3 Å². The van der Waals surface area contributed by atoms with Crippen LogP contribution in [0.1, 0.15) is 16.1 Å². The second kappa shape index (κ2) is 10.4. The highest BCUT2D eigenvalue weighted by Gasteiger charge is 2.06. The van der Waals surface area contributed by atoms with Crippen LogP contribution < -0.4 is 16.0 Å². The van der Waals surface area contributed by atoms with Crippen molar-refractivity contribution >= 4 is 23.2 Å². The van der Waals surface area contributed by atoms with Gasteiger partial charge in [0.15, 0.2) is 0 Å². The summed E-state index contributed by atoms with van der Waals surface area (Å²) in [5, 5.41) is 10.5. The third-order valence-corrected chi connectivity index (χ3v) is 3.36. The van der Waals surface area contributed by atoms with Gasteiger partial charge >= 0.3 is 0 Å². The largest absolute Gasteiger partial charge is 0.383 e. The van der Waals surface area contributed by atoms with Crippen molar-refractivity contribution in [3.8, 4) is 0 Å². The fourth-order valence-corrected chi connectivity index (χ4v) is 2.10. The van der Waals surface area contributed by atoms with Crippen LogP contribution in [0.25, 0.3) is 0 Å². The van der Waals surface area contributed by atoms with E-state index in [1.807, 2.05) is 11.4 Å². The van der Waals surface area contributed by atoms with Crippen molar-refractivity contribution in [3.05, 3.63) is 22.4 Å². The summed E-state index contributed by atoms with van der Waals surface area (Å²) < 4.78 is 4.89. The second-order valence-corrected chi connectivity index (χ2v) is 5.02. The van der Waals surface area contributed by atoms with E-state index in [0.29, 0.717) is 31.1 Å². The Kier molecular flexibility index (Phi) is 8.61. The molecule has 2 amide bonds. The third-order valence-electron chi connectivity index (χ3n) is 2.49. The van der Waals surface area contributed by atoms with Crippen molar-refractivity contribution in [2.24, 2.45) is 0 Å². The Balaban J connectivity index is 1.99. The normalized spacial score (nSPS) is 10.2. The lowest BCUT2D eigenvalue weighted by molar-refractivity contribution is -0.120. The molecule has 1 aromatic heterocycles. The highest BCUT2D eigenvalue weighted by atomic mass is 32.1. The van der Waals surface area contributed by atoms with E-state index in [1.54, 1.807) is 13.2 Å². The van der Waals surface area contributed by atoms with Crippen LogP contribution >= 0.6 is 11.3 Å². The van der Waals surface area contributed by atoms with Crippen LogP contribution in [-0.4, -0.2) is 51.7 Å². The van der Waals surface area contributed by atoms with Gasteiger partial charge in [-0.2, -0.15) is 0 Å². The van der Waals surface area contributed by atoms with Gasteiger partial charge in [0.1, 0.15) is 0 Å². The van der Waals surface area contributed by atoms with Crippen LogP contribution in [0, 0.1) is 0 Å². The van der Waals surface area contributed by atoms with Crippen LogP contribution in [0.4, 0.5) is 0 Å². The molecule has 0 radical (unpaired) electrons. The molecular weight excluding hydrogens is 278 g/mol. The highest BCUT2D eigenvalue weighted by molar-refractivity contribution is 7.12. The molecule has 0 spiro atoms. The van der Waals surface area contributed by atoms with Gasteiger partial charge in [-0.25, -0.2) is 0 Å². The van der Waals surface area contributed by atoms with Gasteiger partial charge in [0, 0.05) is 39.7 Å². The van der Waals surface area contributed by atoms with E-state index in [0.717, 1.165) is 6.54 Å². The summed E-state index contributed by atoms with van der Waals surface area (Å²) in [5.74, 6) is -0.195. The van der Waals surface area contributed by atoms with Crippen LogP contribution in [0.5, 0.6) is 0 Å². The van der Waals surface area contributed by atoms with Crippen molar-refractivity contribution in [2.75, 3.05) is 39.9 Å². The minimum absolute atomic E-state index is 0.0648. The molecule has 20 heavy (non-hydrogen) atoms. The van der Waals surface area contributed by atoms with Crippen molar-refractivity contribution in [1.29, 1.82) is 0 Å². The Bertz CT molecular complexity index is 396. The van der Waals surface area contributed by atoms with E-state index in [1.165, 1.54) is 11.3 Å². The van der Waals surface area contributed by atoms with Crippen LogP contribution in [0.3, 0.4) is 0 Å². The predicted octanol–water partition coefficient (Wildman–Crippen LogP) is 0.220. The first-order valence-electron chi connectivity index (χ1n) is 6.52. The fraction of sp³-hybridized carbons (Fsp3) is 0.538. The molecule has 1 aromatic rings. The SMILES string of the molecule is COCCNCCNC(=O)CCNC(=O)c1cccs1. The van der Waals surface area contributed by atoms with Gasteiger partial charge < -0.3 is 20.7 Å². The summed E-state index contributed by atoms with van der Waals surface area (Å²) >= 11 is 1.38. The van der Waals surface area contributed by atoms with Crippen LogP contribution in [0.15, 0.2) is 17.5 Å². The van der Waals surface area contributed by atoms with Crippen molar-refractivity contribution in [1.82, 2.24) is 16.0 Å². The van der Waals surface area contributed by atoms with E-state index in [9.17, 15) is 9.59 Å². The number of thiophene rings is 1. The number of carbonyl (C=O) groups is 2. The average Bonchev–Trinajstić information content (AvgIpc) is 2.96. The lowest BCUT2D eigenvalue weighted by Gasteiger charge is -2.07. The summed E-state index contributed by atoms with van der Waals surface area (Å²) in [6.45, 7) is 3.05. The van der Waals surface area contributed by atoms with Gasteiger partial charge in [0.05, 0.1) is 11.5 Å². The molecule has 0 aromatic carbocycles. The standard InChI is InChI=1S/C13H21N3O3S/c1-19-9-8-14-6-7-15-12(17)4-5-16-13(18)11-3-2-10-20-11/h2-3,10,14H,4-9H2,1H3,(H,15,17)(H,16,18). The number of ether oxygens (including phenoxy) is 1. The average molecular weight is 299 g/mol. The summed E-state index contributed by atoms with van der Waals surface area (Å²) in [6, 6.07) is 3.58. The fourth-order valence-electron chi connectivity index (χ4n) is 1.46. The van der Waals surface area contributed by atoms with E-state index in [4.69, 9.17) is 4.74 Å². The van der Waals surface area contributed by atoms with Gasteiger partial charge in [-0.3, -0.25) is 9.59 Å². The van der Waals surface area contributed by atoms with Gasteiger partial charge in [0.2, 0.25) is 5.91 Å². The molecule has 0 saturated heterocycles. The Morgan fingerprint density at radius 2 is 2.05 bits per heavy atom. The molecule has 7 heteroatoms. The molecule has 1 rings (SSSR count). The molecule has 112 valence electrons. The maximum absolute atomic E-state index is 11.6. The lowest BCUT2D eigenvalue weighted by atomic mass is 10.3. The van der Waals surface area contributed by atoms with Gasteiger partial charge in [-0.05, 0) is 11.4 Å². The first kappa shape index (κ1) is 16.6. The van der Waals surface area contributed by atoms with Crippen molar-refractivity contribution < 1.29 is 14.3 Å². The summed E-state index contributed by atoms with van der Waals surface area (Å²) in [4.78, 5) is 23.7. The van der Waals surface area contributed by atoms with Gasteiger partial charge in [-0.1, -0.05) is 6.07 Å². The number of rotatable bonds is 10. The third kappa shape index (κ3) is 7.22. The number of hydrogen-bond acceptors (Lipinski definition) is 5. The van der Waals surface area contributed by atoms with E-state index >= 15 is 0 Å². The zero-order valence-electron chi connectivity index (χ0n) is 11.6. The Hall–Kier alpha value is -1.44. The lowest BCUT2D eigenvalue weighted by Crippen LogP contribution is -2.35. The number of amides is 2. The number of hydrogen-bond donors (Lipinski definition) is 3. The van der Waals surface area contributed by atoms with Crippen molar-refractivity contribution in [3.63, 3.8) is 0 Å². The Morgan fingerprint density at radius 3 is 2.75 bits per heavy atom. The predicted molar refractivity (Wildman–Crippen MR) is 79.0 cm³/mol. The Labute approximate surface area is 122 Å². The van der Waals surface area contributed by atoms with Gasteiger partial charge in [0.25, 0.3) is 5.91 Å². The van der Waals surface area contributed by atoms with E-state index in [-0.39, 0.29) is 18.2 Å². The minimum atomic E-state index is -0.131. The van der Waals surface area contributed by atoms with E-state index in [2.05, 4.69) is 16.0 Å². The topological polar surface area (TPSA) is 79.5 Å². The maximum Gasteiger partial charge on any atom is 0.261 e. The summed E-state index contributed by atoms with van der Waals surface area (Å²) in [6.07, 6.45) is 0.287. The number of carbonyl (C=O) groups excluding carboxylic acids is 2. The highest BCUT2D eigenvalue weighted by Crippen LogP contribution is 2.07. The molecule has 0 atom stereocenters. The van der Waals surface area contributed by atoms with Crippen molar-refractivity contribution in [2.45, 2.75) is 6.42 Å². The molecule has 0 saturated carbocycles. The first-order chi connectivity index (χ1) is 9.74. The maximum atomic E-state index is 11.6. The second-order valence-electron chi connectivity index (χ2n) is 4.08. The molecular formula is C13H21N3O3S. The smallest absolute Gasteiger partial charge is 0.261 e. The number of nitrogens with one attached hydrogen (secondary N) is 3. The zero-order valence-corrected chi connectivity index (χ0v) is 12.4. The molecule has 0 bridgehead atoms. The van der Waals surface area contributed by atoms with E-state index < -0.39 is 0 Å². The molecule has 0 unspecified atom stereocenters. The van der Waals surface area contributed by atoms with Crippen LogP contribution in [-0.2, 0) is 9.53 Å². The first-order valence-corrected chi connectivity index (χ1v) is 7.40. The molecule has 1 heterocycles. The molecule has 0 aliphatic carbocycles. The molecule has 6 nitrogen and oxygen atoms in total. The quantitative estimate of drug-likeness (QED) is 0.540. The summed E-state index contributed by atoms with van der Waals surface area (Å²) in [7, 11) is 1.65. The molecule has 3 N–H and O–H groups in total. The summed E-state index contributed by atoms with van der Waals surface area (Å²) in [5.41, 5.74) is 0. The number of methoxy groups -OCH3 is 1. The Morgan fingerprint density at radius 1 is 1.20 bits per heavy atom. The van der Waals surface area contributed by atoms with Crippen LogP contribution in [0.2, 0.25) is 0 Å². The monoisotopic (exact) mass is 299 g/mol. The molecule has 0 aliphatic heterocycles. The minimum Gasteiger partial charge on any atom is -0.383 e. The zero-order chi connectivity index (χ0) is 14.6. The molecule has 0 aliphatic rings. The molecule has 0 fully saturated rings.